The Hall–Kier alpha value is -1.69. The quantitative estimate of drug-likeness (QED) is 0.670. The maximum absolute atomic E-state index is 11.7. The minimum Gasteiger partial charge on any atom is -0.357 e. The monoisotopic (exact) mass is 221 g/mol. The topological polar surface area (TPSA) is 70.2 Å². The summed E-state index contributed by atoms with van der Waals surface area (Å²) in [4.78, 5) is 21.9. The molecule has 1 unspecified atom stereocenters. The van der Waals surface area contributed by atoms with Crippen molar-refractivity contribution in [2.45, 2.75) is 6.04 Å². The Morgan fingerprint density at radius 3 is 3.19 bits per heavy atom. The summed E-state index contributed by atoms with van der Waals surface area (Å²) >= 11 is 0. The highest BCUT2D eigenvalue weighted by Crippen LogP contribution is 2.13. The van der Waals surface area contributed by atoms with Crippen LogP contribution in [0.2, 0.25) is 0 Å². The van der Waals surface area contributed by atoms with Crippen LogP contribution in [0.4, 0.5) is 5.82 Å². The van der Waals surface area contributed by atoms with Crippen molar-refractivity contribution in [1.82, 2.24) is 20.6 Å². The van der Waals surface area contributed by atoms with Gasteiger partial charge in [-0.05, 0) is 0 Å². The molecule has 1 fully saturated rings. The molecule has 2 heterocycles. The standard InChI is InChI=1S/C10H15N5O/c1-11-10(16)8-6-13-4-5-15(8)9-7-12-2-3-14-9/h2-3,7-8,13H,4-6H2,1H3,(H,11,16). The summed E-state index contributed by atoms with van der Waals surface area (Å²) in [5.41, 5.74) is 0. The average molecular weight is 221 g/mol. The van der Waals surface area contributed by atoms with Gasteiger partial charge in [-0.1, -0.05) is 0 Å². The highest BCUT2D eigenvalue weighted by molar-refractivity contribution is 5.85. The van der Waals surface area contributed by atoms with E-state index in [1.54, 1.807) is 25.6 Å². The van der Waals surface area contributed by atoms with Crippen LogP contribution >= 0.6 is 0 Å². The van der Waals surface area contributed by atoms with Crippen LogP contribution < -0.4 is 15.5 Å². The molecule has 0 bridgehead atoms. The van der Waals surface area contributed by atoms with Gasteiger partial charge in [0.25, 0.3) is 0 Å². The zero-order chi connectivity index (χ0) is 11.4. The first-order valence-electron chi connectivity index (χ1n) is 5.28. The van der Waals surface area contributed by atoms with Crippen LogP contribution in [0.5, 0.6) is 0 Å². The van der Waals surface area contributed by atoms with E-state index in [2.05, 4.69) is 20.6 Å². The van der Waals surface area contributed by atoms with Gasteiger partial charge in [0.05, 0.1) is 6.20 Å². The fourth-order valence-corrected chi connectivity index (χ4v) is 1.82. The number of rotatable bonds is 2. The smallest absolute Gasteiger partial charge is 0.243 e. The van der Waals surface area contributed by atoms with Gasteiger partial charge in [-0.25, -0.2) is 4.98 Å². The Kier molecular flexibility index (Phi) is 3.31. The highest BCUT2D eigenvalue weighted by Gasteiger charge is 2.28. The molecule has 1 aromatic heterocycles. The fraction of sp³-hybridized carbons (Fsp3) is 0.500. The number of hydrogen-bond acceptors (Lipinski definition) is 5. The highest BCUT2D eigenvalue weighted by atomic mass is 16.2. The van der Waals surface area contributed by atoms with E-state index in [9.17, 15) is 4.79 Å². The van der Waals surface area contributed by atoms with Gasteiger partial charge in [0, 0.05) is 39.1 Å². The lowest BCUT2D eigenvalue weighted by Crippen LogP contribution is -2.57. The zero-order valence-corrected chi connectivity index (χ0v) is 9.18. The number of anilines is 1. The van der Waals surface area contributed by atoms with Gasteiger partial charge in [0.15, 0.2) is 0 Å². The van der Waals surface area contributed by atoms with Gasteiger partial charge in [0.2, 0.25) is 5.91 Å². The lowest BCUT2D eigenvalue weighted by Gasteiger charge is -2.35. The number of likely N-dealkylation sites (N-methyl/N-ethyl adjacent to an activating group) is 1. The molecule has 16 heavy (non-hydrogen) atoms. The summed E-state index contributed by atoms with van der Waals surface area (Å²) in [5, 5.41) is 5.86. The molecule has 1 aromatic rings. The summed E-state index contributed by atoms with van der Waals surface area (Å²) in [6, 6.07) is -0.213. The number of amides is 1. The van der Waals surface area contributed by atoms with Crippen molar-refractivity contribution in [1.29, 1.82) is 0 Å². The van der Waals surface area contributed by atoms with Crippen molar-refractivity contribution in [2.24, 2.45) is 0 Å². The van der Waals surface area contributed by atoms with E-state index in [0.717, 1.165) is 18.9 Å². The Labute approximate surface area is 94.1 Å². The predicted molar refractivity (Wildman–Crippen MR) is 60.1 cm³/mol. The van der Waals surface area contributed by atoms with Crippen LogP contribution in [-0.2, 0) is 4.79 Å². The van der Waals surface area contributed by atoms with Crippen molar-refractivity contribution in [3.8, 4) is 0 Å². The summed E-state index contributed by atoms with van der Waals surface area (Å²) in [6.45, 7) is 2.25. The Morgan fingerprint density at radius 2 is 2.50 bits per heavy atom. The van der Waals surface area contributed by atoms with E-state index in [4.69, 9.17) is 0 Å². The number of piperazine rings is 1. The molecule has 0 aromatic carbocycles. The molecule has 0 radical (unpaired) electrons. The third kappa shape index (κ3) is 2.11. The van der Waals surface area contributed by atoms with Gasteiger partial charge < -0.3 is 15.5 Å². The van der Waals surface area contributed by atoms with Gasteiger partial charge in [-0.2, -0.15) is 0 Å². The number of carbonyl (C=O) groups excluding carboxylic acids is 1. The lowest BCUT2D eigenvalue weighted by molar-refractivity contribution is -0.122. The second-order valence-corrected chi connectivity index (χ2v) is 3.59. The Balaban J connectivity index is 2.20. The van der Waals surface area contributed by atoms with Gasteiger partial charge >= 0.3 is 0 Å². The van der Waals surface area contributed by atoms with Crippen LogP contribution in [0.15, 0.2) is 18.6 Å². The molecule has 0 spiro atoms. The second kappa shape index (κ2) is 4.89. The van der Waals surface area contributed by atoms with Crippen LogP contribution in [0.3, 0.4) is 0 Å². The molecule has 2 N–H and O–H groups in total. The van der Waals surface area contributed by atoms with Crippen LogP contribution in [-0.4, -0.2) is 48.6 Å². The molecule has 86 valence electrons. The minimum atomic E-state index is -0.213. The fourth-order valence-electron chi connectivity index (χ4n) is 1.82. The molecule has 1 amide bonds. The predicted octanol–water partition coefficient (Wildman–Crippen LogP) is -0.999. The number of nitrogens with zero attached hydrogens (tertiary/aromatic N) is 3. The summed E-state index contributed by atoms with van der Waals surface area (Å²) in [6.07, 6.45) is 4.94. The summed E-state index contributed by atoms with van der Waals surface area (Å²) < 4.78 is 0. The molecular weight excluding hydrogens is 206 g/mol. The first-order chi connectivity index (χ1) is 7.83. The molecule has 6 heteroatoms. The van der Waals surface area contributed by atoms with Gasteiger partial charge in [-0.3, -0.25) is 9.78 Å². The van der Waals surface area contributed by atoms with E-state index >= 15 is 0 Å². The molecule has 0 aliphatic carbocycles. The van der Waals surface area contributed by atoms with E-state index < -0.39 is 0 Å². The Bertz CT molecular complexity index is 355. The van der Waals surface area contributed by atoms with Crippen molar-refractivity contribution in [3.05, 3.63) is 18.6 Å². The maximum Gasteiger partial charge on any atom is 0.243 e. The van der Waals surface area contributed by atoms with Crippen molar-refractivity contribution < 1.29 is 4.79 Å². The molecule has 2 rings (SSSR count). The van der Waals surface area contributed by atoms with Gasteiger partial charge in [0.1, 0.15) is 11.9 Å². The zero-order valence-electron chi connectivity index (χ0n) is 9.18. The summed E-state index contributed by atoms with van der Waals surface area (Å²) in [7, 11) is 1.64. The van der Waals surface area contributed by atoms with E-state index in [1.165, 1.54) is 0 Å². The molecular formula is C10H15N5O. The lowest BCUT2D eigenvalue weighted by atomic mass is 10.2. The first-order valence-corrected chi connectivity index (χ1v) is 5.28. The molecule has 1 aliphatic heterocycles. The second-order valence-electron chi connectivity index (χ2n) is 3.59. The SMILES string of the molecule is CNC(=O)C1CNCCN1c1cnccn1. The normalized spacial score (nSPS) is 20.6. The van der Waals surface area contributed by atoms with Crippen molar-refractivity contribution >= 4 is 11.7 Å². The van der Waals surface area contributed by atoms with E-state index in [-0.39, 0.29) is 11.9 Å². The number of nitrogens with one attached hydrogen (secondary N) is 2. The van der Waals surface area contributed by atoms with E-state index in [1.807, 2.05) is 4.90 Å². The average Bonchev–Trinajstić information content (AvgIpc) is 2.39. The van der Waals surface area contributed by atoms with E-state index in [0.29, 0.717) is 6.54 Å². The summed E-state index contributed by atoms with van der Waals surface area (Å²) in [5.74, 6) is 0.746. The molecule has 1 saturated heterocycles. The number of hydrogen-bond donors (Lipinski definition) is 2. The van der Waals surface area contributed by atoms with Gasteiger partial charge in [-0.15, -0.1) is 0 Å². The maximum atomic E-state index is 11.7. The Morgan fingerprint density at radius 1 is 1.62 bits per heavy atom. The molecule has 0 saturated carbocycles. The third-order valence-corrected chi connectivity index (χ3v) is 2.64. The number of carbonyl (C=O) groups is 1. The molecule has 1 atom stereocenters. The molecule has 1 aliphatic rings. The van der Waals surface area contributed by atoms with Crippen molar-refractivity contribution in [2.75, 3.05) is 31.6 Å². The van der Waals surface area contributed by atoms with Crippen LogP contribution in [0.1, 0.15) is 0 Å². The van der Waals surface area contributed by atoms with Crippen molar-refractivity contribution in [3.63, 3.8) is 0 Å². The first kappa shape index (κ1) is 10.8. The largest absolute Gasteiger partial charge is 0.357 e. The van der Waals surface area contributed by atoms with Crippen LogP contribution in [0, 0.1) is 0 Å². The van der Waals surface area contributed by atoms with Crippen LogP contribution in [0.25, 0.3) is 0 Å². The molecule has 6 nitrogen and oxygen atoms in total. The minimum absolute atomic E-state index is 0.00199. The number of aromatic nitrogens is 2. The third-order valence-electron chi connectivity index (χ3n) is 2.64.